The highest BCUT2D eigenvalue weighted by molar-refractivity contribution is 7.23. The van der Waals surface area contributed by atoms with Crippen molar-refractivity contribution in [2.45, 2.75) is 96.6 Å². The van der Waals surface area contributed by atoms with Crippen molar-refractivity contribution in [3.05, 3.63) is 155 Å². The Labute approximate surface area is 562 Å². The van der Waals surface area contributed by atoms with E-state index in [9.17, 15) is 15.8 Å². The summed E-state index contributed by atoms with van der Waals surface area (Å²) in [4.78, 5) is 21.4. The molecule has 3 saturated heterocycles. The topological polar surface area (TPSA) is 195 Å². The van der Waals surface area contributed by atoms with Gasteiger partial charge in [0.15, 0.2) is 4.24 Å². The van der Waals surface area contributed by atoms with Gasteiger partial charge in [-0.05, 0) is 129 Å². The molecule has 81 heavy (non-hydrogen) atoms. The number of aromatic nitrogens is 6. The number of piperidine rings is 3. The lowest BCUT2D eigenvalue weighted by atomic mass is 10.0. The Hall–Kier alpha value is -6.60. The largest absolute Gasteiger partial charge is 0.367 e. The molecule has 15 nitrogen and oxygen atoms in total. The third-order valence-corrected chi connectivity index (χ3v) is 13.6. The average molecular weight is 1240 g/mol. The molecule has 3 aromatic carbocycles. The van der Waals surface area contributed by atoms with Crippen LogP contribution in [0.5, 0.6) is 0 Å². The van der Waals surface area contributed by atoms with Gasteiger partial charge in [-0.15, -0.1) is 34.0 Å². The predicted octanol–water partition coefficient (Wildman–Crippen LogP) is 13.8. The van der Waals surface area contributed by atoms with Gasteiger partial charge in [0.25, 0.3) is 0 Å². The number of likely N-dealkylation sites (tertiary alicyclic amines) is 3. The zero-order chi connectivity index (χ0) is 96.4. The van der Waals surface area contributed by atoms with Crippen LogP contribution in [0.2, 0.25) is 17.2 Å². The molecular weight excluding hydrogens is 1130 g/mol. The Morgan fingerprint density at radius 1 is 0.543 bits per heavy atom. The molecule has 0 amide bonds. The second-order valence-corrected chi connectivity index (χ2v) is 20.5. The number of nitrogens with one attached hydrogen (secondary N) is 3. The highest BCUT2D eigenvalue weighted by Gasteiger charge is 2.24. The number of fused-ring (bicyclic) bond motifs is 3. The maximum absolute atomic E-state index is 9.48. The molecular formula is C60H60Cl3N15S3. The van der Waals surface area contributed by atoms with Gasteiger partial charge in [-0.1, -0.05) is 71.1 Å². The van der Waals surface area contributed by atoms with Gasteiger partial charge in [0.05, 0.1) is 80.5 Å². The first kappa shape index (κ1) is 24.3. The lowest BCUT2D eigenvalue weighted by Crippen LogP contribution is -2.38. The van der Waals surface area contributed by atoms with Gasteiger partial charge in [-0.2, -0.15) is 15.8 Å². The van der Waals surface area contributed by atoms with Crippen molar-refractivity contribution in [2.24, 2.45) is 0 Å². The maximum atomic E-state index is 9.48. The quantitative estimate of drug-likeness (QED) is 0.104. The minimum absolute atomic E-state index is 0.0280. The van der Waals surface area contributed by atoms with Gasteiger partial charge in [0.1, 0.15) is 53.6 Å². The van der Waals surface area contributed by atoms with Crippen LogP contribution in [0.15, 0.2) is 91.5 Å². The number of anilines is 3. The summed E-state index contributed by atoms with van der Waals surface area (Å²) in [5.41, 5.74) is -3.07. The van der Waals surface area contributed by atoms with Crippen LogP contribution in [0.4, 0.5) is 17.5 Å². The van der Waals surface area contributed by atoms with Crippen LogP contribution in [0.25, 0.3) is 30.6 Å². The van der Waals surface area contributed by atoms with Gasteiger partial charge in [0.2, 0.25) is 0 Å². The Morgan fingerprint density at radius 3 is 1.28 bits per heavy atom. The first-order valence-corrected chi connectivity index (χ1v) is 26.0. The van der Waals surface area contributed by atoms with Crippen LogP contribution < -0.4 is 15.9 Å². The van der Waals surface area contributed by atoms with Gasteiger partial charge in [0, 0.05) is 115 Å². The van der Waals surface area contributed by atoms with E-state index in [0.717, 1.165) is 35.9 Å². The van der Waals surface area contributed by atoms with Crippen LogP contribution in [0.1, 0.15) is 146 Å². The molecule has 6 aromatic heterocycles. The molecule has 2 atom stereocenters. The lowest BCUT2D eigenvalue weighted by molar-refractivity contribution is 0.211. The van der Waals surface area contributed by atoms with E-state index in [-0.39, 0.29) is 91.8 Å². The first-order chi connectivity index (χ1) is 57.0. The molecule has 0 bridgehead atoms. The van der Waals surface area contributed by atoms with E-state index in [1.807, 2.05) is 0 Å². The Balaban J connectivity index is 0.000000197. The van der Waals surface area contributed by atoms with Crippen molar-refractivity contribution in [3.8, 4) is 18.2 Å². The van der Waals surface area contributed by atoms with Gasteiger partial charge < -0.3 is 15.9 Å². The standard InChI is InChI=1S/3C20H20ClN5S/c3*1-13-2-3-14(8-15(13)10-22)11-26-6-4-16(5-7-26)25-19-17-9-18(21)27-20(17)24-12-23-19/h3*2-3,8-9,12,16H,4-7,11H2,1H3,(H,23,24,25)/i3D,4D2,5D2,6D2,7D2,8D,9D,11D2,12D,16D;3D,4D2,5D2,6D2,7D2,8D,9D,11D,12D,16D;3D,4D2,5D2,6D2,7D2,8D,9D,11D,16D/hD3. The van der Waals surface area contributed by atoms with Crippen molar-refractivity contribution in [3.63, 3.8) is 0 Å². The highest BCUT2D eigenvalue weighted by atomic mass is 35.5. The molecule has 3 N–H and O–H groups in total. The monoisotopic (exact) mass is 1240 g/mol. The number of aryl methyl sites for hydroxylation is 3. The third-order valence-electron chi connectivity index (χ3n) is 10.3. The molecule has 9 heterocycles. The number of halogens is 3. The molecule has 3 aliphatic heterocycles. The molecule has 0 radical (unpaired) electrons. The fourth-order valence-corrected chi connectivity index (χ4v) is 9.36. The van der Waals surface area contributed by atoms with Crippen molar-refractivity contribution in [2.75, 3.05) is 54.9 Å². The Morgan fingerprint density at radius 2 is 0.889 bits per heavy atom. The average Bonchev–Trinajstić information content (AvgIpc) is 0.715. The SMILES string of the molecule is [2H]c1cc(C)c(C#N)c([2H])c1C([2H])N1C([2H])([2H])C([2H])([2H])C([2H])(N([2H])c2ncnc3sc(Cl)c([2H])c23)C([2H])([2H])C1([2H])[2H].[2H]c1nc(N([2H])C2([2H])C([2H])([2H])C([2H])([2H])N(C([2H])([2H])c3c([2H])cc(C)c(C#N)c3[2H])C([2H])([2H])C2([2H])[2H])c2c([2H])c(Cl)sc2n1.[2H]c1nc(N([2H])C2([2H])C([2H])([2H])C([2H])([2H])N(C([2H])c3c([2H])cc(C)c(C#N)c3[2H])C([2H])([2H])C2([2H])[2H])c2c([2H])c(Cl)sc2n1. The van der Waals surface area contributed by atoms with Crippen LogP contribution in [0.3, 0.4) is 0 Å². The minimum Gasteiger partial charge on any atom is -0.367 e. The van der Waals surface area contributed by atoms with Crippen molar-refractivity contribution in [1.82, 2.24) is 44.6 Å². The molecule has 12 rings (SSSR count). The summed E-state index contributed by atoms with van der Waals surface area (Å²) in [6.07, 6.45) is -24.3. The highest BCUT2D eigenvalue weighted by Crippen LogP contribution is 2.35. The predicted molar refractivity (Wildman–Crippen MR) is 331 cm³/mol. The van der Waals surface area contributed by atoms with Crippen LogP contribution in [-0.2, 0) is 19.5 Å². The first-order valence-electron chi connectivity index (χ1n) is 44.9. The summed E-state index contributed by atoms with van der Waals surface area (Å²) < 4.78 is 387. The van der Waals surface area contributed by atoms with E-state index in [1.165, 1.54) is 20.8 Å². The summed E-state index contributed by atoms with van der Waals surface area (Å²) in [6.45, 7) is -27.6. The minimum atomic E-state index is -4.06. The third kappa shape index (κ3) is 14.9. The molecule has 0 aliphatic carbocycles. The summed E-state index contributed by atoms with van der Waals surface area (Å²) in [5, 5.41) is 26.7. The van der Waals surface area contributed by atoms with Crippen molar-refractivity contribution in [1.29, 1.82) is 15.8 Å². The smallest absolute Gasteiger partial charge is 0.162 e. The second-order valence-electron chi connectivity index (χ2n) is 15.7. The number of rotatable bonds is 12. The fourth-order valence-electron chi connectivity index (χ4n) is 6.44. The maximum Gasteiger partial charge on any atom is 0.162 e. The second kappa shape index (κ2) is 27.0. The van der Waals surface area contributed by atoms with Crippen LogP contribution >= 0.6 is 68.8 Å². The molecule has 9 aromatic rings. The van der Waals surface area contributed by atoms with E-state index in [0.29, 0.717) is 22.7 Å². The van der Waals surface area contributed by atoms with E-state index in [4.69, 9.17) is 96.6 Å². The van der Waals surface area contributed by atoms with E-state index < -0.39 is 232 Å². The summed E-state index contributed by atoms with van der Waals surface area (Å²) in [7, 11) is 0. The van der Waals surface area contributed by atoms with Gasteiger partial charge in [-0.3, -0.25) is 14.7 Å². The molecule has 2 unspecified atom stereocenters. The molecule has 0 saturated carbocycles. The number of hydrogen-bond acceptors (Lipinski definition) is 18. The van der Waals surface area contributed by atoms with Crippen molar-refractivity contribution < 1.29 is 61.8 Å². The van der Waals surface area contributed by atoms with Crippen LogP contribution in [-0.4, -0.2) is 102 Å². The summed E-state index contributed by atoms with van der Waals surface area (Å²) >= 11 is 20.1. The van der Waals surface area contributed by atoms with Crippen LogP contribution in [0, 0.1) is 54.8 Å². The molecule has 0 spiro atoms. The van der Waals surface area contributed by atoms with Gasteiger partial charge >= 0.3 is 0 Å². The Bertz CT molecular complexity index is 6030. The number of nitriles is 3. The van der Waals surface area contributed by atoms with E-state index >= 15 is 0 Å². The normalized spacial score (nSPS) is 33.4. The number of hydrogen-bond donors (Lipinski definition) is 3. The number of benzene rings is 3. The molecule has 3 fully saturated rings. The van der Waals surface area contributed by atoms with Gasteiger partial charge in [-0.25, -0.2) is 29.9 Å². The molecule has 3 aliphatic rings. The summed E-state index contributed by atoms with van der Waals surface area (Å²) in [5.74, 6) is -2.50. The van der Waals surface area contributed by atoms with E-state index in [2.05, 4.69) is 29.9 Å². The lowest BCUT2D eigenvalue weighted by Gasteiger charge is -2.32. The zero-order valence-electron chi connectivity index (χ0n) is 86.0. The Kier molecular flexibility index (Phi) is 8.10. The van der Waals surface area contributed by atoms with Crippen molar-refractivity contribution >= 4 is 117 Å². The van der Waals surface area contributed by atoms with E-state index in [1.54, 1.807) is 18.2 Å². The fraction of sp³-hybridized carbons (Fsp3) is 0.350. The number of nitrogens with zero attached hydrogens (tertiary/aromatic N) is 12. The zero-order valence-corrected chi connectivity index (χ0v) is 45.7. The molecule has 414 valence electrons. The molecule has 21 heteroatoms. The summed E-state index contributed by atoms with van der Waals surface area (Å²) in [6, 6.07) is -9.14. The number of thiophene rings is 3.